The van der Waals surface area contributed by atoms with Crippen molar-refractivity contribution in [1.82, 2.24) is 4.90 Å². The van der Waals surface area contributed by atoms with Gasteiger partial charge in [-0.05, 0) is 30.7 Å². The van der Waals surface area contributed by atoms with Crippen molar-refractivity contribution in [2.45, 2.75) is 25.8 Å². The zero-order chi connectivity index (χ0) is 14.4. The molecule has 0 aromatic heterocycles. The lowest BCUT2D eigenvalue weighted by Gasteiger charge is -2.35. The first kappa shape index (κ1) is 14.8. The van der Waals surface area contributed by atoms with Gasteiger partial charge in [0, 0.05) is 6.54 Å². The van der Waals surface area contributed by atoms with Gasteiger partial charge in [-0.2, -0.15) is 0 Å². The van der Waals surface area contributed by atoms with E-state index in [0.717, 1.165) is 12.8 Å². The predicted molar refractivity (Wildman–Crippen MR) is 73.1 cm³/mol. The summed E-state index contributed by atoms with van der Waals surface area (Å²) in [5, 5.41) is 0. The van der Waals surface area contributed by atoms with Crippen molar-refractivity contribution < 1.29 is 18.7 Å². The highest BCUT2D eigenvalue weighted by atomic mass is 19.1. The largest absolute Gasteiger partial charge is 0.484 e. The molecule has 1 saturated heterocycles. The molecule has 1 aliphatic heterocycles. The lowest BCUT2D eigenvalue weighted by atomic mass is 10.1. The fourth-order valence-corrected chi connectivity index (χ4v) is 2.31. The van der Waals surface area contributed by atoms with Gasteiger partial charge in [-0.15, -0.1) is 0 Å². The summed E-state index contributed by atoms with van der Waals surface area (Å²) in [6.45, 7) is 3.84. The van der Waals surface area contributed by atoms with E-state index in [1.54, 1.807) is 0 Å². The molecular weight excluding hydrogens is 261 g/mol. The number of amides is 1. The third-order valence-corrected chi connectivity index (χ3v) is 3.35. The second kappa shape index (κ2) is 7.24. The zero-order valence-electron chi connectivity index (χ0n) is 11.7. The third kappa shape index (κ3) is 3.93. The van der Waals surface area contributed by atoms with E-state index >= 15 is 0 Å². The smallest absolute Gasteiger partial charge is 0.260 e. The van der Waals surface area contributed by atoms with Gasteiger partial charge in [-0.25, -0.2) is 4.39 Å². The van der Waals surface area contributed by atoms with E-state index in [2.05, 4.69) is 6.92 Å². The van der Waals surface area contributed by atoms with Crippen LogP contribution >= 0.6 is 0 Å². The van der Waals surface area contributed by atoms with E-state index in [4.69, 9.17) is 9.47 Å². The van der Waals surface area contributed by atoms with Crippen molar-refractivity contribution in [1.29, 1.82) is 0 Å². The zero-order valence-corrected chi connectivity index (χ0v) is 11.7. The van der Waals surface area contributed by atoms with Crippen molar-refractivity contribution >= 4 is 5.91 Å². The molecule has 2 rings (SSSR count). The van der Waals surface area contributed by atoms with Crippen molar-refractivity contribution in [3.8, 4) is 5.75 Å². The van der Waals surface area contributed by atoms with Gasteiger partial charge < -0.3 is 14.4 Å². The fraction of sp³-hybridized carbons (Fsp3) is 0.533. The lowest BCUT2D eigenvalue weighted by molar-refractivity contribution is -0.142. The molecule has 0 bridgehead atoms. The summed E-state index contributed by atoms with van der Waals surface area (Å²) in [5.41, 5.74) is 0. The minimum absolute atomic E-state index is 0.0220. The van der Waals surface area contributed by atoms with Crippen LogP contribution in [0.5, 0.6) is 5.75 Å². The maximum atomic E-state index is 12.8. The molecule has 110 valence electrons. The molecule has 1 aromatic carbocycles. The highest BCUT2D eigenvalue weighted by Gasteiger charge is 2.26. The van der Waals surface area contributed by atoms with Crippen LogP contribution < -0.4 is 4.74 Å². The molecule has 1 heterocycles. The minimum atomic E-state index is -0.320. The first-order valence-corrected chi connectivity index (χ1v) is 6.96. The minimum Gasteiger partial charge on any atom is -0.484 e. The Balaban J connectivity index is 1.88. The van der Waals surface area contributed by atoms with Gasteiger partial charge in [0.15, 0.2) is 6.61 Å². The maximum absolute atomic E-state index is 12.8. The van der Waals surface area contributed by atoms with E-state index in [1.165, 1.54) is 24.3 Å². The van der Waals surface area contributed by atoms with Gasteiger partial charge in [0.05, 0.1) is 19.3 Å². The van der Waals surface area contributed by atoms with Crippen molar-refractivity contribution in [3.63, 3.8) is 0 Å². The Hall–Kier alpha value is -1.62. The summed E-state index contributed by atoms with van der Waals surface area (Å²) in [4.78, 5) is 14.0. The monoisotopic (exact) mass is 281 g/mol. The molecule has 0 radical (unpaired) electrons. The van der Waals surface area contributed by atoms with E-state index in [1.807, 2.05) is 4.90 Å². The van der Waals surface area contributed by atoms with Gasteiger partial charge >= 0.3 is 0 Å². The molecule has 4 nitrogen and oxygen atoms in total. The van der Waals surface area contributed by atoms with Gasteiger partial charge in [-0.3, -0.25) is 4.79 Å². The molecular formula is C15H20FNO3. The SMILES string of the molecule is CCC[C@@H]1COCCN1C(=O)COc1ccc(F)cc1. The Morgan fingerprint density at radius 1 is 1.45 bits per heavy atom. The molecule has 1 aromatic rings. The molecule has 0 N–H and O–H groups in total. The van der Waals surface area contributed by atoms with Crippen molar-refractivity contribution in [2.75, 3.05) is 26.4 Å². The topological polar surface area (TPSA) is 38.8 Å². The van der Waals surface area contributed by atoms with E-state index in [9.17, 15) is 9.18 Å². The molecule has 0 aliphatic carbocycles. The number of carbonyl (C=O) groups excluding carboxylic acids is 1. The van der Waals surface area contributed by atoms with Gasteiger partial charge in [0.2, 0.25) is 0 Å². The summed E-state index contributed by atoms with van der Waals surface area (Å²) in [5.74, 6) is 0.135. The lowest BCUT2D eigenvalue weighted by Crippen LogP contribution is -2.50. The quantitative estimate of drug-likeness (QED) is 0.831. The summed E-state index contributed by atoms with van der Waals surface area (Å²) in [6, 6.07) is 5.80. The number of rotatable bonds is 5. The van der Waals surface area contributed by atoms with Crippen LogP contribution in [-0.4, -0.2) is 43.2 Å². The Bertz CT molecular complexity index is 433. The van der Waals surface area contributed by atoms with E-state index < -0.39 is 0 Å². The van der Waals surface area contributed by atoms with Crippen LogP contribution in [-0.2, 0) is 9.53 Å². The van der Waals surface area contributed by atoms with Gasteiger partial charge in [-0.1, -0.05) is 13.3 Å². The number of benzene rings is 1. The molecule has 1 atom stereocenters. The van der Waals surface area contributed by atoms with Crippen LogP contribution in [0.3, 0.4) is 0 Å². The molecule has 1 fully saturated rings. The van der Waals surface area contributed by atoms with E-state index in [0.29, 0.717) is 25.5 Å². The third-order valence-electron chi connectivity index (χ3n) is 3.35. The fourth-order valence-electron chi connectivity index (χ4n) is 2.31. The van der Waals surface area contributed by atoms with Crippen molar-refractivity contribution in [2.24, 2.45) is 0 Å². The number of halogens is 1. The van der Waals surface area contributed by atoms with Gasteiger partial charge in [0.25, 0.3) is 5.91 Å². The maximum Gasteiger partial charge on any atom is 0.260 e. The van der Waals surface area contributed by atoms with Gasteiger partial charge in [0.1, 0.15) is 11.6 Å². The highest BCUT2D eigenvalue weighted by molar-refractivity contribution is 5.78. The Kier molecular flexibility index (Phi) is 5.35. The predicted octanol–water partition coefficient (Wildman–Crippen LogP) is 2.23. The molecule has 1 aliphatic rings. The van der Waals surface area contributed by atoms with Crippen LogP contribution in [0.25, 0.3) is 0 Å². The molecule has 5 heteroatoms. The number of morpholine rings is 1. The number of ether oxygens (including phenoxy) is 2. The number of hydrogen-bond acceptors (Lipinski definition) is 3. The van der Waals surface area contributed by atoms with Crippen LogP contribution in [0.1, 0.15) is 19.8 Å². The average molecular weight is 281 g/mol. The Labute approximate surface area is 118 Å². The summed E-state index contributed by atoms with van der Waals surface area (Å²) >= 11 is 0. The van der Waals surface area contributed by atoms with Crippen molar-refractivity contribution in [3.05, 3.63) is 30.1 Å². The second-order valence-electron chi connectivity index (χ2n) is 4.85. The molecule has 20 heavy (non-hydrogen) atoms. The number of carbonyl (C=O) groups is 1. The summed E-state index contributed by atoms with van der Waals surface area (Å²) in [7, 11) is 0. The molecule has 0 unspecified atom stereocenters. The average Bonchev–Trinajstić information content (AvgIpc) is 2.47. The molecule has 0 spiro atoms. The second-order valence-corrected chi connectivity index (χ2v) is 4.85. The molecule has 1 amide bonds. The normalized spacial score (nSPS) is 18.9. The molecule has 0 saturated carbocycles. The highest BCUT2D eigenvalue weighted by Crippen LogP contribution is 2.14. The Morgan fingerprint density at radius 2 is 2.20 bits per heavy atom. The summed E-state index contributed by atoms with van der Waals surface area (Å²) < 4.78 is 23.6. The summed E-state index contributed by atoms with van der Waals surface area (Å²) in [6.07, 6.45) is 1.94. The number of hydrogen-bond donors (Lipinski definition) is 0. The number of nitrogens with zero attached hydrogens (tertiary/aromatic N) is 1. The standard InChI is InChI=1S/C15H20FNO3/c1-2-3-13-10-19-9-8-17(13)15(18)11-20-14-6-4-12(16)5-7-14/h4-7,13H,2-3,8-11H2,1H3/t13-/m1/s1. The van der Waals surface area contributed by atoms with Crippen LogP contribution in [0.2, 0.25) is 0 Å². The van der Waals surface area contributed by atoms with Crippen LogP contribution in [0, 0.1) is 5.82 Å². The Morgan fingerprint density at radius 3 is 2.90 bits per heavy atom. The first-order valence-electron chi connectivity index (χ1n) is 6.96. The van der Waals surface area contributed by atoms with E-state index in [-0.39, 0.29) is 24.4 Å². The first-order chi connectivity index (χ1) is 9.70. The van der Waals surface area contributed by atoms with Crippen LogP contribution in [0.15, 0.2) is 24.3 Å². The van der Waals surface area contributed by atoms with Crippen LogP contribution in [0.4, 0.5) is 4.39 Å².